The predicted molar refractivity (Wildman–Crippen MR) is 77.9 cm³/mol. The van der Waals surface area contributed by atoms with Crippen LogP contribution < -0.4 is 5.32 Å². The van der Waals surface area contributed by atoms with Crippen LogP contribution in [0.25, 0.3) is 0 Å². The molecule has 1 rings (SSSR count). The fraction of sp³-hybridized carbons (Fsp3) is 0.625. The molecule has 0 saturated carbocycles. The monoisotopic (exact) mass is 267 g/mol. The highest BCUT2D eigenvalue weighted by Gasteiger charge is 2.18. The van der Waals surface area contributed by atoms with Crippen molar-refractivity contribution in [1.82, 2.24) is 5.32 Å². The second kappa shape index (κ2) is 7.01. The van der Waals surface area contributed by atoms with Crippen LogP contribution in [0.15, 0.2) is 18.2 Å². The van der Waals surface area contributed by atoms with E-state index in [1.54, 1.807) is 6.07 Å². The molecule has 1 unspecified atom stereocenters. The van der Waals surface area contributed by atoms with E-state index < -0.39 is 0 Å². The smallest absolute Gasteiger partial charge is 0.123 e. The number of rotatable bonds is 6. The second-order valence-corrected chi connectivity index (χ2v) is 5.93. The van der Waals surface area contributed by atoms with E-state index in [1.807, 2.05) is 33.8 Å². The third-order valence-corrected chi connectivity index (χ3v) is 2.94. The van der Waals surface area contributed by atoms with Gasteiger partial charge in [0.1, 0.15) is 5.82 Å². The first-order valence-corrected chi connectivity index (χ1v) is 6.97. The van der Waals surface area contributed by atoms with E-state index in [1.165, 1.54) is 6.07 Å². The Morgan fingerprint density at radius 2 is 2.00 bits per heavy atom. The van der Waals surface area contributed by atoms with Crippen LogP contribution in [0.1, 0.15) is 51.3 Å². The minimum atomic E-state index is -0.195. The van der Waals surface area contributed by atoms with E-state index >= 15 is 0 Å². The molecule has 1 aromatic carbocycles. The van der Waals surface area contributed by atoms with Crippen molar-refractivity contribution >= 4 is 0 Å². The minimum absolute atomic E-state index is 0.0369. The quantitative estimate of drug-likeness (QED) is 0.841. The Morgan fingerprint density at radius 1 is 1.32 bits per heavy atom. The maximum Gasteiger partial charge on any atom is 0.123 e. The predicted octanol–water partition coefficient (Wildman–Crippen LogP) is 3.99. The van der Waals surface area contributed by atoms with Gasteiger partial charge in [0.2, 0.25) is 0 Å². The van der Waals surface area contributed by atoms with Gasteiger partial charge in [0.05, 0.1) is 18.2 Å². The number of aryl methyl sites for hydroxylation is 1. The van der Waals surface area contributed by atoms with Crippen LogP contribution in [-0.4, -0.2) is 18.8 Å². The van der Waals surface area contributed by atoms with Crippen molar-refractivity contribution in [3.63, 3.8) is 0 Å². The molecule has 3 heteroatoms. The number of ether oxygens (including phenoxy) is 1. The highest BCUT2D eigenvalue weighted by molar-refractivity contribution is 5.29. The number of hydrogen-bond donors (Lipinski definition) is 1. The lowest BCUT2D eigenvalue weighted by Crippen LogP contribution is -2.31. The molecule has 0 amide bonds. The molecular formula is C16H26FNO. The molecule has 0 radical (unpaired) electrons. The molecule has 0 aliphatic heterocycles. The van der Waals surface area contributed by atoms with Crippen molar-refractivity contribution < 1.29 is 9.13 Å². The molecule has 0 fully saturated rings. The van der Waals surface area contributed by atoms with Gasteiger partial charge in [-0.3, -0.25) is 0 Å². The fourth-order valence-electron chi connectivity index (χ4n) is 1.90. The Hall–Kier alpha value is -0.930. The topological polar surface area (TPSA) is 21.3 Å². The van der Waals surface area contributed by atoms with Crippen LogP contribution in [0.4, 0.5) is 4.39 Å². The molecule has 1 atom stereocenters. The van der Waals surface area contributed by atoms with Gasteiger partial charge in [0.25, 0.3) is 0 Å². The number of halogens is 1. The van der Waals surface area contributed by atoms with Gasteiger partial charge < -0.3 is 10.1 Å². The molecule has 0 saturated heterocycles. The molecule has 0 bridgehead atoms. The number of nitrogens with one attached hydrogen (secondary N) is 1. The molecule has 2 nitrogen and oxygen atoms in total. The summed E-state index contributed by atoms with van der Waals surface area (Å²) in [6.45, 7) is 11.7. The average molecular weight is 267 g/mol. The maximum atomic E-state index is 13.4. The molecule has 0 heterocycles. The first kappa shape index (κ1) is 16.1. The van der Waals surface area contributed by atoms with Gasteiger partial charge in [-0.2, -0.15) is 0 Å². The van der Waals surface area contributed by atoms with Gasteiger partial charge in [-0.15, -0.1) is 0 Å². The Kier molecular flexibility index (Phi) is 5.95. The van der Waals surface area contributed by atoms with Crippen molar-refractivity contribution in [2.45, 2.75) is 52.7 Å². The van der Waals surface area contributed by atoms with Crippen LogP contribution in [0.2, 0.25) is 0 Å². The Balaban J connectivity index is 2.85. The summed E-state index contributed by atoms with van der Waals surface area (Å²) in [7, 11) is 0. The zero-order chi connectivity index (χ0) is 14.5. The molecule has 0 aliphatic carbocycles. The molecular weight excluding hydrogens is 241 g/mol. The number of benzene rings is 1. The SMILES string of the molecule is CCCNC(COC(C)(C)C)c1cc(F)ccc1C. The van der Waals surface area contributed by atoms with Gasteiger partial charge in [0.15, 0.2) is 0 Å². The Labute approximate surface area is 116 Å². The van der Waals surface area contributed by atoms with E-state index in [4.69, 9.17) is 4.74 Å². The molecule has 1 N–H and O–H groups in total. The molecule has 0 aliphatic rings. The van der Waals surface area contributed by atoms with Crippen molar-refractivity contribution in [3.8, 4) is 0 Å². The first-order chi connectivity index (χ1) is 8.83. The van der Waals surface area contributed by atoms with Crippen molar-refractivity contribution in [3.05, 3.63) is 35.1 Å². The van der Waals surface area contributed by atoms with E-state index in [2.05, 4.69) is 12.2 Å². The zero-order valence-corrected chi connectivity index (χ0v) is 12.7. The highest BCUT2D eigenvalue weighted by Crippen LogP contribution is 2.21. The third kappa shape index (κ3) is 5.70. The molecule has 1 aromatic rings. The van der Waals surface area contributed by atoms with E-state index in [0.717, 1.165) is 24.1 Å². The Morgan fingerprint density at radius 3 is 2.58 bits per heavy atom. The summed E-state index contributed by atoms with van der Waals surface area (Å²) >= 11 is 0. The van der Waals surface area contributed by atoms with Crippen LogP contribution in [0.3, 0.4) is 0 Å². The van der Waals surface area contributed by atoms with Crippen LogP contribution in [0, 0.1) is 12.7 Å². The van der Waals surface area contributed by atoms with Crippen LogP contribution >= 0.6 is 0 Å². The van der Waals surface area contributed by atoms with Crippen molar-refractivity contribution in [2.24, 2.45) is 0 Å². The molecule has 0 aromatic heterocycles. The second-order valence-electron chi connectivity index (χ2n) is 5.93. The van der Waals surface area contributed by atoms with Crippen molar-refractivity contribution in [2.75, 3.05) is 13.2 Å². The lowest BCUT2D eigenvalue weighted by atomic mass is 10.0. The van der Waals surface area contributed by atoms with Crippen molar-refractivity contribution in [1.29, 1.82) is 0 Å². The van der Waals surface area contributed by atoms with Gasteiger partial charge in [-0.25, -0.2) is 4.39 Å². The normalized spacial score (nSPS) is 13.6. The lowest BCUT2D eigenvalue weighted by Gasteiger charge is -2.26. The zero-order valence-electron chi connectivity index (χ0n) is 12.7. The largest absolute Gasteiger partial charge is 0.374 e. The summed E-state index contributed by atoms with van der Waals surface area (Å²) in [6, 6.07) is 4.96. The summed E-state index contributed by atoms with van der Waals surface area (Å²) in [6.07, 6.45) is 1.04. The summed E-state index contributed by atoms with van der Waals surface area (Å²) < 4.78 is 19.3. The molecule has 108 valence electrons. The molecule has 0 spiro atoms. The van der Waals surface area contributed by atoms with Crippen LogP contribution in [-0.2, 0) is 4.74 Å². The standard InChI is InChI=1S/C16H26FNO/c1-6-9-18-15(11-19-16(3,4)5)14-10-13(17)8-7-12(14)2/h7-8,10,15,18H,6,9,11H2,1-5H3. The Bertz CT molecular complexity index is 398. The summed E-state index contributed by atoms with van der Waals surface area (Å²) in [4.78, 5) is 0. The van der Waals surface area contributed by atoms with E-state index in [0.29, 0.717) is 6.61 Å². The summed E-state index contributed by atoms with van der Waals surface area (Å²) in [5.41, 5.74) is 1.89. The van der Waals surface area contributed by atoms with E-state index in [9.17, 15) is 4.39 Å². The van der Waals surface area contributed by atoms with Gasteiger partial charge in [0, 0.05) is 0 Å². The highest BCUT2D eigenvalue weighted by atomic mass is 19.1. The fourth-order valence-corrected chi connectivity index (χ4v) is 1.90. The van der Waals surface area contributed by atoms with Crippen LogP contribution in [0.5, 0.6) is 0 Å². The minimum Gasteiger partial charge on any atom is -0.374 e. The van der Waals surface area contributed by atoms with Gasteiger partial charge in [-0.05, 0) is 63.9 Å². The molecule has 19 heavy (non-hydrogen) atoms. The third-order valence-electron chi connectivity index (χ3n) is 2.94. The maximum absolute atomic E-state index is 13.4. The van der Waals surface area contributed by atoms with Gasteiger partial charge in [-0.1, -0.05) is 13.0 Å². The summed E-state index contributed by atoms with van der Waals surface area (Å²) in [5.74, 6) is -0.195. The van der Waals surface area contributed by atoms with Gasteiger partial charge >= 0.3 is 0 Å². The average Bonchev–Trinajstić information content (AvgIpc) is 2.32. The number of hydrogen-bond acceptors (Lipinski definition) is 2. The lowest BCUT2D eigenvalue weighted by molar-refractivity contribution is -0.0148. The first-order valence-electron chi connectivity index (χ1n) is 6.97. The summed E-state index contributed by atoms with van der Waals surface area (Å²) in [5, 5.41) is 3.43. The van der Waals surface area contributed by atoms with E-state index in [-0.39, 0.29) is 17.5 Å².